The molecular formula is C31H33NO3. The van der Waals surface area contributed by atoms with Crippen molar-refractivity contribution in [1.82, 2.24) is 4.90 Å². The second kappa shape index (κ2) is 10.9. The van der Waals surface area contributed by atoms with Crippen LogP contribution in [-0.4, -0.2) is 43.5 Å². The van der Waals surface area contributed by atoms with Gasteiger partial charge in [-0.1, -0.05) is 36.4 Å². The summed E-state index contributed by atoms with van der Waals surface area (Å²) in [6, 6.07) is 24.0. The summed E-state index contributed by atoms with van der Waals surface area (Å²) < 4.78 is 11.6. The van der Waals surface area contributed by atoms with Crippen LogP contribution in [-0.2, 0) is 6.42 Å². The Bertz CT molecular complexity index is 1190. The molecule has 1 aliphatic carbocycles. The van der Waals surface area contributed by atoms with Crippen LogP contribution in [0.1, 0.15) is 53.2 Å². The third-order valence-electron chi connectivity index (χ3n) is 6.97. The van der Waals surface area contributed by atoms with Crippen molar-refractivity contribution in [2.45, 2.75) is 32.6 Å². The number of benzene rings is 3. The molecule has 1 aliphatic heterocycles. The van der Waals surface area contributed by atoms with E-state index in [0.29, 0.717) is 18.8 Å². The van der Waals surface area contributed by atoms with E-state index in [4.69, 9.17) is 9.47 Å². The van der Waals surface area contributed by atoms with Gasteiger partial charge in [-0.2, -0.15) is 0 Å². The van der Waals surface area contributed by atoms with Crippen LogP contribution in [0.3, 0.4) is 0 Å². The van der Waals surface area contributed by atoms with E-state index in [2.05, 4.69) is 35.2 Å². The van der Waals surface area contributed by atoms with Crippen molar-refractivity contribution in [3.8, 4) is 11.5 Å². The molecule has 0 saturated carbocycles. The summed E-state index contributed by atoms with van der Waals surface area (Å²) in [5.74, 6) is 1.72. The van der Waals surface area contributed by atoms with Gasteiger partial charge in [-0.25, -0.2) is 0 Å². The number of rotatable bonds is 9. The minimum absolute atomic E-state index is 0.0599. The highest BCUT2D eigenvalue weighted by Gasteiger charge is 2.26. The molecular weight excluding hydrogens is 434 g/mol. The average Bonchev–Trinajstić information content (AvgIpc) is 3.42. The fourth-order valence-electron chi connectivity index (χ4n) is 5.14. The third-order valence-corrected chi connectivity index (χ3v) is 6.97. The molecule has 0 unspecified atom stereocenters. The summed E-state index contributed by atoms with van der Waals surface area (Å²) in [5.41, 5.74) is 5.94. The lowest BCUT2D eigenvalue weighted by Gasteiger charge is -2.23. The van der Waals surface area contributed by atoms with Crippen molar-refractivity contribution in [3.63, 3.8) is 0 Å². The molecule has 1 fully saturated rings. The molecule has 2 aliphatic rings. The van der Waals surface area contributed by atoms with Gasteiger partial charge in [0.15, 0.2) is 5.78 Å². The van der Waals surface area contributed by atoms with E-state index < -0.39 is 0 Å². The van der Waals surface area contributed by atoms with E-state index in [1.165, 1.54) is 31.5 Å². The summed E-state index contributed by atoms with van der Waals surface area (Å²) in [5, 5.41) is 0. The van der Waals surface area contributed by atoms with Crippen LogP contribution in [0.2, 0.25) is 0 Å². The van der Waals surface area contributed by atoms with Gasteiger partial charge < -0.3 is 9.47 Å². The Morgan fingerprint density at radius 1 is 0.829 bits per heavy atom. The van der Waals surface area contributed by atoms with E-state index in [-0.39, 0.29) is 5.78 Å². The van der Waals surface area contributed by atoms with E-state index in [1.807, 2.05) is 49.4 Å². The van der Waals surface area contributed by atoms with Crippen molar-refractivity contribution in [2.24, 2.45) is 0 Å². The quantitative estimate of drug-likeness (QED) is 0.346. The van der Waals surface area contributed by atoms with Gasteiger partial charge in [-0.3, -0.25) is 9.69 Å². The van der Waals surface area contributed by atoms with Crippen molar-refractivity contribution < 1.29 is 14.3 Å². The van der Waals surface area contributed by atoms with E-state index in [0.717, 1.165) is 53.2 Å². The number of allylic oxidation sites excluding steroid dienone is 2. The Labute approximate surface area is 208 Å². The number of nitrogens with zero attached hydrogens (tertiary/aromatic N) is 1. The molecule has 3 aromatic rings. The fraction of sp³-hybridized carbons (Fsp3) is 0.323. The third kappa shape index (κ3) is 5.33. The number of hydrogen-bond acceptors (Lipinski definition) is 4. The van der Waals surface area contributed by atoms with Gasteiger partial charge in [0.1, 0.15) is 18.1 Å². The summed E-state index contributed by atoms with van der Waals surface area (Å²) in [4.78, 5) is 16.3. The van der Waals surface area contributed by atoms with Crippen LogP contribution in [0.25, 0.3) is 11.1 Å². The molecule has 4 nitrogen and oxygen atoms in total. The highest BCUT2D eigenvalue weighted by atomic mass is 16.5. The van der Waals surface area contributed by atoms with Crippen LogP contribution in [0, 0.1) is 0 Å². The van der Waals surface area contributed by atoms with Gasteiger partial charge in [-0.05, 0) is 104 Å². The van der Waals surface area contributed by atoms with Crippen LogP contribution in [0.15, 0.2) is 72.8 Å². The minimum Gasteiger partial charge on any atom is -0.494 e. The molecule has 3 aromatic carbocycles. The number of aryl methyl sites for hydroxylation is 1. The summed E-state index contributed by atoms with van der Waals surface area (Å²) in [7, 11) is 0. The second-order valence-electron chi connectivity index (χ2n) is 9.22. The Balaban J connectivity index is 1.40. The Hall–Kier alpha value is -3.37. The number of likely N-dealkylation sites (tertiary alicyclic amines) is 1. The summed E-state index contributed by atoms with van der Waals surface area (Å²) >= 11 is 0. The molecule has 180 valence electrons. The highest BCUT2D eigenvalue weighted by molar-refractivity contribution is 6.35. The first kappa shape index (κ1) is 23.4. The topological polar surface area (TPSA) is 38.8 Å². The smallest absolute Gasteiger partial charge is 0.193 e. The SMILES string of the molecule is CCOc1ccc(C2=C(C(=O)c3ccc(OCCN4CCCC4)cc3)c3ccccc3CC2)cc1. The van der Waals surface area contributed by atoms with Crippen LogP contribution in [0.4, 0.5) is 0 Å². The lowest BCUT2D eigenvalue weighted by Crippen LogP contribution is -2.25. The van der Waals surface area contributed by atoms with Crippen molar-refractivity contribution in [1.29, 1.82) is 0 Å². The van der Waals surface area contributed by atoms with Gasteiger partial charge in [0.25, 0.3) is 0 Å². The van der Waals surface area contributed by atoms with Crippen LogP contribution < -0.4 is 9.47 Å². The normalized spacial score (nSPS) is 15.7. The highest BCUT2D eigenvalue weighted by Crippen LogP contribution is 2.39. The molecule has 5 rings (SSSR count). The number of carbonyl (C=O) groups is 1. The van der Waals surface area contributed by atoms with E-state index in [1.54, 1.807) is 0 Å². The molecule has 0 atom stereocenters. The molecule has 4 heteroatoms. The average molecular weight is 468 g/mol. The number of Topliss-reactive ketones (excluding diaryl/α,β-unsaturated/α-hetero) is 1. The molecule has 0 aromatic heterocycles. The molecule has 1 saturated heterocycles. The lowest BCUT2D eigenvalue weighted by molar-refractivity contribution is 0.105. The van der Waals surface area contributed by atoms with Crippen LogP contribution >= 0.6 is 0 Å². The largest absolute Gasteiger partial charge is 0.494 e. The molecule has 0 radical (unpaired) electrons. The number of carbonyl (C=O) groups excluding carboxylic acids is 1. The lowest BCUT2D eigenvalue weighted by atomic mass is 9.79. The second-order valence-corrected chi connectivity index (χ2v) is 9.22. The monoisotopic (exact) mass is 467 g/mol. The van der Waals surface area contributed by atoms with Gasteiger partial charge >= 0.3 is 0 Å². The maximum absolute atomic E-state index is 13.9. The predicted octanol–water partition coefficient (Wildman–Crippen LogP) is 6.30. The van der Waals surface area contributed by atoms with E-state index in [9.17, 15) is 4.79 Å². The molecule has 1 heterocycles. The van der Waals surface area contributed by atoms with Crippen molar-refractivity contribution in [3.05, 3.63) is 95.1 Å². The zero-order chi connectivity index (χ0) is 24.0. The Morgan fingerprint density at radius 3 is 2.26 bits per heavy atom. The Kier molecular flexibility index (Phi) is 7.29. The zero-order valence-corrected chi connectivity index (χ0v) is 20.5. The van der Waals surface area contributed by atoms with Crippen molar-refractivity contribution >= 4 is 16.9 Å². The van der Waals surface area contributed by atoms with Gasteiger partial charge in [0.05, 0.1) is 6.61 Å². The van der Waals surface area contributed by atoms with Crippen LogP contribution in [0.5, 0.6) is 11.5 Å². The van der Waals surface area contributed by atoms with Gasteiger partial charge in [0, 0.05) is 17.7 Å². The molecule has 35 heavy (non-hydrogen) atoms. The first-order valence-electron chi connectivity index (χ1n) is 12.8. The standard InChI is InChI=1S/C31H33NO3/c1-2-34-26-14-9-24(10-15-26)29-18-13-23-7-3-4-8-28(23)30(29)31(33)25-11-16-27(17-12-25)35-22-21-32-19-5-6-20-32/h3-4,7-12,14-17H,2,5-6,13,18-22H2,1H3. The number of fused-ring (bicyclic) bond motifs is 1. The maximum atomic E-state index is 13.9. The molecule has 0 bridgehead atoms. The predicted molar refractivity (Wildman–Crippen MR) is 141 cm³/mol. The molecule has 0 spiro atoms. The number of hydrogen-bond donors (Lipinski definition) is 0. The molecule has 0 amide bonds. The van der Waals surface area contributed by atoms with E-state index >= 15 is 0 Å². The van der Waals surface area contributed by atoms with Crippen molar-refractivity contribution in [2.75, 3.05) is 32.8 Å². The first-order chi connectivity index (χ1) is 17.2. The minimum atomic E-state index is 0.0599. The summed E-state index contributed by atoms with van der Waals surface area (Å²) in [6.45, 7) is 6.59. The first-order valence-corrected chi connectivity index (χ1v) is 12.8. The van der Waals surface area contributed by atoms with Gasteiger partial charge in [-0.15, -0.1) is 0 Å². The van der Waals surface area contributed by atoms with Gasteiger partial charge in [0.2, 0.25) is 0 Å². The number of ketones is 1. The molecule has 0 N–H and O–H groups in total. The zero-order valence-electron chi connectivity index (χ0n) is 20.5. The number of ether oxygens (including phenoxy) is 2. The summed E-state index contributed by atoms with van der Waals surface area (Å²) in [6.07, 6.45) is 4.34. The fourth-order valence-corrected chi connectivity index (χ4v) is 5.14. The Morgan fingerprint density at radius 2 is 1.51 bits per heavy atom. The maximum Gasteiger partial charge on any atom is 0.193 e.